The van der Waals surface area contributed by atoms with E-state index in [1.165, 1.54) is 6.20 Å². The number of aromatic nitrogens is 4. The highest BCUT2D eigenvalue weighted by Crippen LogP contribution is 2.31. The molecule has 1 aliphatic carbocycles. The largest absolute Gasteiger partial charge is 0.497 e. The van der Waals surface area contributed by atoms with Crippen molar-refractivity contribution in [1.29, 1.82) is 0 Å². The van der Waals surface area contributed by atoms with Crippen molar-refractivity contribution in [2.24, 2.45) is 0 Å². The van der Waals surface area contributed by atoms with Crippen molar-refractivity contribution in [2.45, 2.75) is 13.3 Å². The maximum absolute atomic E-state index is 13.1. The number of nitrogen functional groups attached to an aromatic ring is 1. The Morgan fingerprint density at radius 1 is 1.19 bits per heavy atom. The summed E-state index contributed by atoms with van der Waals surface area (Å²) >= 11 is 0. The number of ether oxygens (including phenoxy) is 1. The molecule has 7 heteroatoms. The van der Waals surface area contributed by atoms with E-state index in [0.717, 1.165) is 39.4 Å². The first-order chi connectivity index (χ1) is 15.0. The number of H-pyrrole nitrogens is 1. The van der Waals surface area contributed by atoms with Gasteiger partial charge in [-0.25, -0.2) is 9.67 Å². The van der Waals surface area contributed by atoms with E-state index in [1.54, 1.807) is 11.8 Å². The number of ketones is 1. The maximum atomic E-state index is 13.1. The Hall–Kier alpha value is -4.13. The van der Waals surface area contributed by atoms with Gasteiger partial charge in [-0.15, -0.1) is 0 Å². The lowest BCUT2D eigenvalue weighted by Crippen LogP contribution is -2.07. The Morgan fingerprint density at radius 3 is 2.77 bits per heavy atom. The second-order valence-corrected chi connectivity index (χ2v) is 7.47. The van der Waals surface area contributed by atoms with Crippen LogP contribution in [-0.2, 0) is 0 Å². The Morgan fingerprint density at radius 2 is 2.00 bits per heavy atom. The number of aromatic amines is 1. The standard InChI is InChI=1S/C24H21N5O2/c1-14-27-21-10-7-18(12-22(21)28-14)29-24(25)20(13-26-29)23(30)17-4-3-16(11-17)15-5-8-19(31-2)9-6-15/h3,5-13H,4,25H2,1-2H3,(H,27,28). The molecule has 3 N–H and O–H groups in total. The summed E-state index contributed by atoms with van der Waals surface area (Å²) in [6.45, 7) is 1.91. The number of allylic oxidation sites excluding steroid dienone is 4. The van der Waals surface area contributed by atoms with Gasteiger partial charge in [0.05, 0.1) is 35.6 Å². The minimum Gasteiger partial charge on any atom is -0.497 e. The minimum atomic E-state index is -0.109. The molecule has 0 radical (unpaired) electrons. The predicted molar refractivity (Wildman–Crippen MR) is 120 cm³/mol. The summed E-state index contributed by atoms with van der Waals surface area (Å²) in [6.07, 6.45) is 6.06. The second kappa shape index (κ2) is 7.28. The van der Waals surface area contributed by atoms with Gasteiger partial charge in [0.15, 0.2) is 5.78 Å². The minimum absolute atomic E-state index is 0.109. The van der Waals surface area contributed by atoms with Crippen molar-refractivity contribution in [3.8, 4) is 11.4 Å². The summed E-state index contributed by atoms with van der Waals surface area (Å²) in [4.78, 5) is 20.7. The zero-order valence-electron chi connectivity index (χ0n) is 17.2. The van der Waals surface area contributed by atoms with E-state index in [0.29, 0.717) is 23.4 Å². The van der Waals surface area contributed by atoms with E-state index in [9.17, 15) is 4.79 Å². The van der Waals surface area contributed by atoms with Gasteiger partial charge in [0, 0.05) is 5.57 Å². The number of anilines is 1. The average Bonchev–Trinajstić information content (AvgIpc) is 3.50. The number of rotatable bonds is 5. The van der Waals surface area contributed by atoms with Crippen LogP contribution in [0.2, 0.25) is 0 Å². The predicted octanol–water partition coefficient (Wildman–Crippen LogP) is 4.24. The lowest BCUT2D eigenvalue weighted by atomic mass is 10.0. The Kier molecular flexibility index (Phi) is 4.43. The van der Waals surface area contributed by atoms with Crippen molar-refractivity contribution in [2.75, 3.05) is 12.8 Å². The third kappa shape index (κ3) is 3.30. The molecule has 0 saturated carbocycles. The molecule has 7 nitrogen and oxygen atoms in total. The summed E-state index contributed by atoms with van der Waals surface area (Å²) in [5.41, 5.74) is 12.0. The van der Waals surface area contributed by atoms with Gasteiger partial charge < -0.3 is 15.5 Å². The van der Waals surface area contributed by atoms with Gasteiger partial charge in [-0.3, -0.25) is 4.79 Å². The Balaban J connectivity index is 1.42. The normalized spacial score (nSPS) is 13.4. The zero-order chi connectivity index (χ0) is 21.5. The number of carbonyl (C=O) groups excluding carboxylic acids is 1. The molecule has 0 saturated heterocycles. The molecule has 4 aromatic rings. The number of nitrogens with two attached hydrogens (primary N) is 1. The van der Waals surface area contributed by atoms with Crippen LogP contribution in [0, 0.1) is 6.92 Å². The summed E-state index contributed by atoms with van der Waals surface area (Å²) in [5, 5.41) is 4.37. The zero-order valence-corrected chi connectivity index (χ0v) is 17.2. The number of nitrogens with zero attached hydrogens (tertiary/aromatic N) is 3. The molecule has 5 rings (SSSR count). The number of fused-ring (bicyclic) bond motifs is 1. The second-order valence-electron chi connectivity index (χ2n) is 7.47. The number of hydrogen-bond acceptors (Lipinski definition) is 5. The molecule has 154 valence electrons. The van der Waals surface area contributed by atoms with Gasteiger partial charge >= 0.3 is 0 Å². The third-order valence-corrected chi connectivity index (χ3v) is 5.47. The number of imidazole rings is 1. The fourth-order valence-corrected chi connectivity index (χ4v) is 3.84. The number of carbonyl (C=O) groups is 1. The molecule has 0 aliphatic heterocycles. The number of methoxy groups -OCH3 is 1. The van der Waals surface area contributed by atoms with Gasteiger partial charge in [-0.1, -0.05) is 18.2 Å². The molecular formula is C24H21N5O2. The van der Waals surface area contributed by atoms with Crippen LogP contribution in [0.4, 0.5) is 5.82 Å². The molecule has 31 heavy (non-hydrogen) atoms. The SMILES string of the molecule is COc1ccc(C2=CCC(C(=O)c3cnn(-c4ccc5nc(C)[nH]c5c4)c3N)=C2)cc1. The van der Waals surface area contributed by atoms with Crippen molar-refractivity contribution in [1.82, 2.24) is 19.7 Å². The highest BCUT2D eigenvalue weighted by molar-refractivity contribution is 6.13. The van der Waals surface area contributed by atoms with Crippen molar-refractivity contribution in [3.05, 3.63) is 83.3 Å². The lowest BCUT2D eigenvalue weighted by molar-refractivity contribution is 0.103. The lowest BCUT2D eigenvalue weighted by Gasteiger charge is -2.05. The molecule has 0 atom stereocenters. The first kappa shape index (κ1) is 18.9. The summed E-state index contributed by atoms with van der Waals surface area (Å²) < 4.78 is 6.79. The van der Waals surface area contributed by atoms with E-state index in [2.05, 4.69) is 15.1 Å². The van der Waals surface area contributed by atoms with Crippen molar-refractivity contribution in [3.63, 3.8) is 0 Å². The smallest absolute Gasteiger partial charge is 0.194 e. The molecule has 2 aromatic heterocycles. The molecule has 0 bridgehead atoms. The number of benzene rings is 2. The molecule has 1 aliphatic rings. The van der Waals surface area contributed by atoms with Crippen LogP contribution in [0.15, 0.2) is 66.4 Å². The number of nitrogens with one attached hydrogen (secondary N) is 1. The summed E-state index contributed by atoms with van der Waals surface area (Å²) in [7, 11) is 1.64. The van der Waals surface area contributed by atoms with Crippen LogP contribution in [0.1, 0.15) is 28.2 Å². The molecule has 0 amide bonds. The van der Waals surface area contributed by atoms with Gasteiger partial charge in [-0.2, -0.15) is 5.10 Å². The van der Waals surface area contributed by atoms with Crippen LogP contribution in [0.5, 0.6) is 5.75 Å². The first-order valence-electron chi connectivity index (χ1n) is 9.93. The van der Waals surface area contributed by atoms with Crippen LogP contribution in [0.3, 0.4) is 0 Å². The highest BCUT2D eigenvalue weighted by Gasteiger charge is 2.22. The van der Waals surface area contributed by atoms with E-state index in [4.69, 9.17) is 10.5 Å². The first-order valence-corrected chi connectivity index (χ1v) is 9.93. The highest BCUT2D eigenvalue weighted by atomic mass is 16.5. The molecule has 0 fully saturated rings. The van der Waals surface area contributed by atoms with Crippen LogP contribution >= 0.6 is 0 Å². The fourth-order valence-electron chi connectivity index (χ4n) is 3.84. The van der Waals surface area contributed by atoms with Gasteiger partial charge in [0.1, 0.15) is 17.4 Å². The van der Waals surface area contributed by atoms with E-state index in [1.807, 2.05) is 61.5 Å². The number of Topliss-reactive ketones (excluding diaryl/α,β-unsaturated/α-hetero) is 1. The Bertz CT molecular complexity index is 1370. The summed E-state index contributed by atoms with van der Waals surface area (Å²) in [6, 6.07) is 13.5. The topological polar surface area (TPSA) is 98.8 Å². The third-order valence-electron chi connectivity index (χ3n) is 5.47. The number of hydrogen-bond donors (Lipinski definition) is 2. The van der Waals surface area contributed by atoms with Crippen LogP contribution in [-0.4, -0.2) is 32.6 Å². The fraction of sp³-hybridized carbons (Fsp3) is 0.125. The molecular weight excluding hydrogens is 390 g/mol. The quantitative estimate of drug-likeness (QED) is 0.479. The average molecular weight is 411 g/mol. The molecule has 0 unspecified atom stereocenters. The Labute approximate surface area is 178 Å². The van der Waals surface area contributed by atoms with Gasteiger partial charge in [0.25, 0.3) is 0 Å². The molecule has 0 spiro atoms. The maximum Gasteiger partial charge on any atom is 0.194 e. The number of aryl methyl sites for hydroxylation is 1. The van der Waals surface area contributed by atoms with E-state index < -0.39 is 0 Å². The van der Waals surface area contributed by atoms with E-state index in [-0.39, 0.29) is 5.78 Å². The van der Waals surface area contributed by atoms with Gasteiger partial charge in [-0.05, 0) is 60.9 Å². The molecule has 2 aromatic carbocycles. The summed E-state index contributed by atoms with van der Waals surface area (Å²) in [5.74, 6) is 1.84. The van der Waals surface area contributed by atoms with Crippen LogP contribution < -0.4 is 10.5 Å². The van der Waals surface area contributed by atoms with Crippen LogP contribution in [0.25, 0.3) is 22.3 Å². The molecule has 2 heterocycles. The monoisotopic (exact) mass is 411 g/mol. The van der Waals surface area contributed by atoms with Gasteiger partial charge in [0.2, 0.25) is 0 Å². The van der Waals surface area contributed by atoms with Crippen molar-refractivity contribution < 1.29 is 9.53 Å². The van der Waals surface area contributed by atoms with E-state index >= 15 is 0 Å². The van der Waals surface area contributed by atoms with Crippen molar-refractivity contribution >= 4 is 28.2 Å².